The lowest BCUT2D eigenvalue weighted by Crippen LogP contribution is -2.32. The van der Waals surface area contributed by atoms with Gasteiger partial charge in [-0.3, -0.25) is 4.90 Å². The van der Waals surface area contributed by atoms with Crippen molar-refractivity contribution in [3.8, 4) is 34.3 Å². The molecule has 0 fully saturated rings. The number of tetrazole rings is 1. The van der Waals surface area contributed by atoms with Gasteiger partial charge in [0.05, 0.1) is 32.6 Å². The van der Waals surface area contributed by atoms with Gasteiger partial charge in [0.15, 0.2) is 17.3 Å². The maximum atomic E-state index is 5.49. The zero-order valence-corrected chi connectivity index (χ0v) is 20.3. The smallest absolute Gasteiger partial charge is 0.190 e. The van der Waals surface area contributed by atoms with Crippen molar-refractivity contribution < 1.29 is 14.2 Å². The summed E-state index contributed by atoms with van der Waals surface area (Å²) in [7, 11) is 5.02. The summed E-state index contributed by atoms with van der Waals surface area (Å²) < 4.78 is 18.2. The minimum atomic E-state index is 0.647. The summed E-state index contributed by atoms with van der Waals surface area (Å²) in [5.41, 5.74) is 5.69. The van der Waals surface area contributed by atoms with E-state index in [9.17, 15) is 0 Å². The number of ether oxygens (including phenoxy) is 3. The fraction of sp³-hybridized carbons (Fsp3) is 0.296. The van der Waals surface area contributed by atoms with Crippen LogP contribution in [0.1, 0.15) is 16.7 Å². The van der Waals surface area contributed by atoms with Gasteiger partial charge in [0.25, 0.3) is 0 Å². The van der Waals surface area contributed by atoms with Gasteiger partial charge in [0.2, 0.25) is 0 Å². The molecule has 4 aromatic rings. The van der Waals surface area contributed by atoms with Crippen molar-refractivity contribution in [2.45, 2.75) is 19.4 Å². The molecule has 0 unspecified atom stereocenters. The van der Waals surface area contributed by atoms with E-state index >= 15 is 0 Å². The molecule has 0 saturated carbocycles. The summed E-state index contributed by atoms with van der Waals surface area (Å²) in [6.07, 6.45) is 1.98. The molecule has 8 heteroatoms. The topological polar surface area (TPSA) is 74.5 Å². The third-order valence-electron chi connectivity index (χ3n) is 6.51. The van der Waals surface area contributed by atoms with Crippen molar-refractivity contribution in [1.82, 2.24) is 25.1 Å². The number of methoxy groups -OCH3 is 3. The number of para-hydroxylation sites is 1. The first-order valence-corrected chi connectivity index (χ1v) is 11.7. The Kier molecular flexibility index (Phi) is 6.63. The van der Waals surface area contributed by atoms with E-state index in [0.29, 0.717) is 5.82 Å². The second-order valence-electron chi connectivity index (χ2n) is 8.53. The molecule has 2 heterocycles. The minimum Gasteiger partial charge on any atom is -0.496 e. The van der Waals surface area contributed by atoms with Gasteiger partial charge in [-0.15, -0.1) is 5.10 Å². The molecule has 0 spiro atoms. The van der Waals surface area contributed by atoms with Gasteiger partial charge < -0.3 is 14.2 Å². The second-order valence-corrected chi connectivity index (χ2v) is 8.53. The molecule has 1 aliphatic heterocycles. The summed E-state index contributed by atoms with van der Waals surface area (Å²) in [6, 6.07) is 20.4. The van der Waals surface area contributed by atoms with Gasteiger partial charge in [0.1, 0.15) is 5.75 Å². The van der Waals surface area contributed by atoms with Crippen LogP contribution < -0.4 is 14.2 Å². The van der Waals surface area contributed by atoms with Crippen molar-refractivity contribution in [2.75, 3.05) is 34.4 Å². The zero-order chi connectivity index (χ0) is 24.2. The Labute approximate surface area is 205 Å². The van der Waals surface area contributed by atoms with Gasteiger partial charge >= 0.3 is 0 Å². The Morgan fingerprint density at radius 1 is 0.829 bits per heavy atom. The molecule has 0 bridgehead atoms. The maximum Gasteiger partial charge on any atom is 0.190 e. The van der Waals surface area contributed by atoms with Crippen molar-refractivity contribution in [3.05, 3.63) is 77.4 Å². The molecule has 0 atom stereocenters. The first kappa shape index (κ1) is 22.9. The van der Waals surface area contributed by atoms with Crippen LogP contribution in [-0.4, -0.2) is 59.5 Å². The highest BCUT2D eigenvalue weighted by Crippen LogP contribution is 2.33. The summed E-state index contributed by atoms with van der Waals surface area (Å²) in [4.78, 5) is 2.49. The van der Waals surface area contributed by atoms with Crippen LogP contribution in [0.3, 0.4) is 0 Å². The molecule has 35 heavy (non-hydrogen) atoms. The summed E-state index contributed by atoms with van der Waals surface area (Å²) >= 11 is 0. The molecule has 3 aromatic carbocycles. The van der Waals surface area contributed by atoms with Crippen LogP contribution in [0.5, 0.6) is 17.2 Å². The van der Waals surface area contributed by atoms with Gasteiger partial charge in [0, 0.05) is 19.6 Å². The molecule has 1 aliphatic rings. The number of hydrogen-bond donors (Lipinski definition) is 0. The molecular formula is C27H29N5O3. The second kappa shape index (κ2) is 10.1. The third kappa shape index (κ3) is 4.70. The SMILES string of the molecule is COc1cc2c(cc1OC)CN(CCc1ccc(-n3nnnc3-c3ccccc3OC)cc1)CC2. The Balaban J connectivity index is 1.26. The molecule has 180 valence electrons. The highest BCUT2D eigenvalue weighted by Gasteiger charge is 2.19. The summed E-state index contributed by atoms with van der Waals surface area (Å²) in [5, 5.41) is 12.3. The number of aromatic nitrogens is 4. The fourth-order valence-corrected chi connectivity index (χ4v) is 4.58. The molecule has 0 aliphatic carbocycles. The Morgan fingerprint density at radius 3 is 2.29 bits per heavy atom. The van der Waals surface area contributed by atoms with E-state index in [4.69, 9.17) is 14.2 Å². The van der Waals surface area contributed by atoms with E-state index in [-0.39, 0.29) is 0 Å². The average molecular weight is 472 g/mol. The average Bonchev–Trinajstić information content (AvgIpc) is 3.41. The number of hydrogen-bond acceptors (Lipinski definition) is 7. The number of benzene rings is 3. The molecule has 5 rings (SSSR count). The summed E-state index contributed by atoms with van der Waals surface area (Å²) in [5.74, 6) is 2.98. The molecule has 8 nitrogen and oxygen atoms in total. The van der Waals surface area contributed by atoms with Crippen molar-refractivity contribution in [3.63, 3.8) is 0 Å². The van der Waals surface area contributed by atoms with Crippen molar-refractivity contribution in [1.29, 1.82) is 0 Å². The van der Waals surface area contributed by atoms with Gasteiger partial charge in [-0.05, 0) is 76.4 Å². The monoisotopic (exact) mass is 471 g/mol. The quantitative estimate of drug-likeness (QED) is 0.385. The van der Waals surface area contributed by atoms with E-state index in [1.54, 1.807) is 26.0 Å². The highest BCUT2D eigenvalue weighted by atomic mass is 16.5. The number of rotatable bonds is 8. The van der Waals surface area contributed by atoms with Gasteiger partial charge in [-0.25, -0.2) is 0 Å². The van der Waals surface area contributed by atoms with E-state index < -0.39 is 0 Å². The van der Waals surface area contributed by atoms with Crippen LogP contribution in [0.4, 0.5) is 0 Å². The van der Waals surface area contributed by atoms with Crippen LogP contribution in [0.25, 0.3) is 17.1 Å². The van der Waals surface area contributed by atoms with Crippen LogP contribution in [-0.2, 0) is 19.4 Å². The van der Waals surface area contributed by atoms with Crippen LogP contribution >= 0.6 is 0 Å². The predicted molar refractivity (Wildman–Crippen MR) is 133 cm³/mol. The highest BCUT2D eigenvalue weighted by molar-refractivity contribution is 5.65. The standard InChI is InChI=1S/C27H29N5O3/c1-33-24-7-5-4-6-23(24)27-28-29-30-32(27)22-10-8-19(9-11-22)12-14-31-15-13-20-16-25(34-2)26(35-3)17-21(20)18-31/h4-11,16-17H,12-15,18H2,1-3H3. The molecule has 0 radical (unpaired) electrons. The first-order chi connectivity index (χ1) is 17.2. The zero-order valence-electron chi connectivity index (χ0n) is 20.3. The Bertz CT molecular complexity index is 1300. The minimum absolute atomic E-state index is 0.647. The van der Waals surface area contributed by atoms with E-state index in [1.165, 1.54) is 16.7 Å². The van der Waals surface area contributed by atoms with Crippen LogP contribution in [0, 0.1) is 0 Å². The Hall–Kier alpha value is -3.91. The van der Waals surface area contributed by atoms with E-state index in [0.717, 1.165) is 61.0 Å². The fourth-order valence-electron chi connectivity index (χ4n) is 4.58. The third-order valence-corrected chi connectivity index (χ3v) is 6.51. The molecule has 0 saturated heterocycles. The number of fused-ring (bicyclic) bond motifs is 1. The lowest BCUT2D eigenvalue weighted by atomic mass is 9.98. The number of nitrogens with zero attached hydrogens (tertiary/aromatic N) is 5. The maximum absolute atomic E-state index is 5.49. The molecule has 1 aromatic heterocycles. The van der Waals surface area contributed by atoms with Crippen LogP contribution in [0.2, 0.25) is 0 Å². The lowest BCUT2D eigenvalue weighted by molar-refractivity contribution is 0.255. The van der Waals surface area contributed by atoms with Crippen molar-refractivity contribution in [2.24, 2.45) is 0 Å². The Morgan fingerprint density at radius 2 is 1.54 bits per heavy atom. The molecule has 0 N–H and O–H groups in total. The predicted octanol–water partition coefficient (Wildman–Crippen LogP) is 3.96. The largest absolute Gasteiger partial charge is 0.496 e. The first-order valence-electron chi connectivity index (χ1n) is 11.7. The van der Waals surface area contributed by atoms with Gasteiger partial charge in [-0.1, -0.05) is 24.3 Å². The van der Waals surface area contributed by atoms with Crippen molar-refractivity contribution >= 4 is 0 Å². The lowest BCUT2D eigenvalue weighted by Gasteiger charge is -2.29. The molecular weight excluding hydrogens is 442 g/mol. The van der Waals surface area contributed by atoms with Gasteiger partial charge in [-0.2, -0.15) is 4.68 Å². The molecule has 0 amide bonds. The van der Waals surface area contributed by atoms with E-state index in [2.05, 4.69) is 56.8 Å². The summed E-state index contributed by atoms with van der Waals surface area (Å²) in [6.45, 7) is 2.94. The normalized spacial score (nSPS) is 13.3. The van der Waals surface area contributed by atoms with E-state index in [1.807, 2.05) is 24.3 Å². The van der Waals surface area contributed by atoms with Crippen LogP contribution in [0.15, 0.2) is 60.7 Å².